The number of amides is 1. The van der Waals surface area contributed by atoms with Gasteiger partial charge in [0.05, 0.1) is 17.9 Å². The van der Waals surface area contributed by atoms with Crippen LogP contribution in [0.1, 0.15) is 18.4 Å². The largest absolute Gasteiger partial charge is 0.497 e. The second-order valence-corrected chi connectivity index (χ2v) is 10.2. The molecule has 1 N–H and O–H groups in total. The Bertz CT molecular complexity index is 1220. The molecule has 170 valence electrons. The molecule has 0 spiro atoms. The molecule has 0 unspecified atom stereocenters. The average molecular weight is 456 g/mol. The van der Waals surface area contributed by atoms with Crippen molar-refractivity contribution in [1.82, 2.24) is 14.2 Å². The molecular formula is C24H29N3O4S. The van der Waals surface area contributed by atoms with Gasteiger partial charge >= 0.3 is 0 Å². The van der Waals surface area contributed by atoms with Gasteiger partial charge < -0.3 is 14.6 Å². The number of benzene rings is 2. The van der Waals surface area contributed by atoms with Gasteiger partial charge in [-0.25, -0.2) is 8.42 Å². The molecule has 1 aliphatic rings. The van der Waals surface area contributed by atoms with Crippen LogP contribution in [0, 0.1) is 5.92 Å². The number of ether oxygens (including phenoxy) is 1. The zero-order valence-electron chi connectivity index (χ0n) is 18.5. The van der Waals surface area contributed by atoms with Crippen molar-refractivity contribution in [2.45, 2.75) is 24.2 Å². The zero-order valence-corrected chi connectivity index (χ0v) is 19.3. The number of piperidine rings is 1. The zero-order chi connectivity index (χ0) is 22.7. The highest BCUT2D eigenvalue weighted by molar-refractivity contribution is 7.89. The fraction of sp³-hybridized carbons (Fsp3) is 0.375. The van der Waals surface area contributed by atoms with Crippen LogP contribution in [0.4, 0.5) is 0 Å². The van der Waals surface area contributed by atoms with Crippen LogP contribution in [0.3, 0.4) is 0 Å². The summed E-state index contributed by atoms with van der Waals surface area (Å²) in [5, 5.41) is 3.86. The van der Waals surface area contributed by atoms with Crippen LogP contribution in [0.2, 0.25) is 0 Å². The van der Waals surface area contributed by atoms with E-state index in [0.717, 1.165) is 22.2 Å². The maximum atomic E-state index is 13.2. The molecule has 0 aliphatic carbocycles. The number of nitrogens with one attached hydrogen (secondary N) is 1. The van der Waals surface area contributed by atoms with E-state index in [1.165, 1.54) is 4.31 Å². The van der Waals surface area contributed by atoms with Crippen molar-refractivity contribution < 1.29 is 17.9 Å². The van der Waals surface area contributed by atoms with Crippen LogP contribution in [0.25, 0.3) is 10.9 Å². The molecule has 1 fully saturated rings. The Balaban J connectivity index is 1.38. The van der Waals surface area contributed by atoms with E-state index in [1.54, 1.807) is 19.2 Å². The summed E-state index contributed by atoms with van der Waals surface area (Å²) >= 11 is 0. The quantitative estimate of drug-likeness (QED) is 0.594. The Labute approximate surface area is 189 Å². The molecule has 0 bridgehead atoms. The maximum absolute atomic E-state index is 13.2. The van der Waals surface area contributed by atoms with Crippen molar-refractivity contribution in [3.63, 3.8) is 0 Å². The normalized spacial score (nSPS) is 17.4. The number of hydrogen-bond donors (Lipinski definition) is 1. The topological polar surface area (TPSA) is 80.6 Å². The molecular weight excluding hydrogens is 426 g/mol. The van der Waals surface area contributed by atoms with Crippen LogP contribution >= 0.6 is 0 Å². The number of carbonyl (C=O) groups excluding carboxylic acids is 1. The summed E-state index contributed by atoms with van der Waals surface area (Å²) < 4.78 is 35.1. The summed E-state index contributed by atoms with van der Waals surface area (Å²) in [4.78, 5) is 13.0. The smallest absolute Gasteiger partial charge is 0.243 e. The Morgan fingerprint density at radius 2 is 2.03 bits per heavy atom. The number of hydrogen-bond acceptors (Lipinski definition) is 4. The molecule has 1 aromatic heterocycles. The standard InChI is InChI=1S/C24H29N3O4S/c1-26-14-11-19-16-22(8-9-23(19)26)32(29,30)27-13-4-6-20(17-27)24(28)25-12-10-18-5-3-7-21(15-18)31-2/h3,5,7-9,11,14-16,20H,4,6,10,12-13,17H2,1-2H3,(H,25,28)/t20-/m1/s1. The average Bonchev–Trinajstić information content (AvgIpc) is 3.19. The lowest BCUT2D eigenvalue weighted by Crippen LogP contribution is -2.45. The summed E-state index contributed by atoms with van der Waals surface area (Å²) in [5.74, 6) is 0.353. The lowest BCUT2D eigenvalue weighted by Gasteiger charge is -2.31. The number of rotatable bonds is 7. The minimum atomic E-state index is -3.65. The Morgan fingerprint density at radius 3 is 2.84 bits per heavy atom. The summed E-state index contributed by atoms with van der Waals surface area (Å²) in [6.07, 6.45) is 3.96. The second kappa shape index (κ2) is 9.34. The molecule has 7 nitrogen and oxygen atoms in total. The van der Waals surface area contributed by atoms with Crippen LogP contribution in [0.15, 0.2) is 59.6 Å². The van der Waals surface area contributed by atoms with E-state index in [0.29, 0.717) is 32.4 Å². The van der Waals surface area contributed by atoms with Crippen LogP contribution in [-0.4, -0.2) is 49.9 Å². The van der Waals surface area contributed by atoms with Gasteiger partial charge in [-0.05, 0) is 61.2 Å². The molecule has 1 atom stereocenters. The first-order valence-electron chi connectivity index (χ1n) is 10.8. The first-order chi connectivity index (χ1) is 15.4. The summed E-state index contributed by atoms with van der Waals surface area (Å²) in [7, 11) is -0.0958. The number of nitrogens with zero attached hydrogens (tertiary/aromatic N) is 2. The van der Waals surface area contributed by atoms with Gasteiger partial charge in [0.2, 0.25) is 15.9 Å². The van der Waals surface area contributed by atoms with Crippen molar-refractivity contribution in [1.29, 1.82) is 0 Å². The third-order valence-electron chi connectivity index (χ3n) is 6.10. The Kier molecular flexibility index (Phi) is 6.53. The molecule has 8 heteroatoms. The van der Waals surface area contributed by atoms with Gasteiger partial charge in [-0.1, -0.05) is 12.1 Å². The number of fused-ring (bicyclic) bond motifs is 1. The SMILES string of the molecule is COc1cccc(CCNC(=O)[C@@H]2CCCN(S(=O)(=O)c3ccc4c(ccn4C)c3)C2)c1. The summed E-state index contributed by atoms with van der Waals surface area (Å²) in [6, 6.07) is 14.8. The molecule has 4 rings (SSSR count). The van der Waals surface area contributed by atoms with Gasteiger partial charge in [0.25, 0.3) is 0 Å². The first kappa shape index (κ1) is 22.4. The fourth-order valence-corrected chi connectivity index (χ4v) is 5.81. The minimum absolute atomic E-state index is 0.0914. The maximum Gasteiger partial charge on any atom is 0.243 e. The van der Waals surface area contributed by atoms with Gasteiger partial charge in [-0.15, -0.1) is 0 Å². The Morgan fingerprint density at radius 1 is 1.19 bits per heavy atom. The van der Waals surface area contributed by atoms with Crippen LogP contribution in [0.5, 0.6) is 5.75 Å². The van der Waals surface area contributed by atoms with E-state index in [-0.39, 0.29) is 23.3 Å². The molecule has 1 aliphatic heterocycles. The third-order valence-corrected chi connectivity index (χ3v) is 7.96. The molecule has 0 radical (unpaired) electrons. The molecule has 3 aromatic rings. The molecule has 2 heterocycles. The second-order valence-electron chi connectivity index (χ2n) is 8.24. The van der Waals surface area contributed by atoms with Gasteiger partial charge in [-0.3, -0.25) is 4.79 Å². The van der Waals surface area contributed by atoms with Crippen molar-refractivity contribution in [3.05, 3.63) is 60.3 Å². The predicted octanol–water partition coefficient (Wildman–Crippen LogP) is 2.95. The molecule has 1 amide bonds. The highest BCUT2D eigenvalue weighted by Gasteiger charge is 2.33. The van der Waals surface area contributed by atoms with Crippen molar-refractivity contribution in [3.8, 4) is 5.75 Å². The van der Waals surface area contributed by atoms with Gasteiger partial charge in [0, 0.05) is 43.8 Å². The van der Waals surface area contributed by atoms with E-state index in [1.807, 2.05) is 54.2 Å². The Hall–Kier alpha value is -2.84. The molecule has 0 saturated carbocycles. The summed E-state index contributed by atoms with van der Waals surface area (Å²) in [6.45, 7) is 1.14. The lowest BCUT2D eigenvalue weighted by molar-refractivity contribution is -0.126. The minimum Gasteiger partial charge on any atom is -0.497 e. The molecule has 1 saturated heterocycles. The van der Waals surface area contributed by atoms with Gasteiger partial charge in [0.1, 0.15) is 5.75 Å². The number of aromatic nitrogens is 1. The lowest BCUT2D eigenvalue weighted by atomic mass is 9.99. The van der Waals surface area contributed by atoms with Gasteiger partial charge in [-0.2, -0.15) is 4.31 Å². The molecule has 32 heavy (non-hydrogen) atoms. The highest BCUT2D eigenvalue weighted by atomic mass is 32.2. The van der Waals surface area contributed by atoms with Gasteiger partial charge in [0.15, 0.2) is 0 Å². The number of carbonyl (C=O) groups is 1. The number of sulfonamides is 1. The van der Waals surface area contributed by atoms with E-state index >= 15 is 0 Å². The van der Waals surface area contributed by atoms with E-state index < -0.39 is 10.0 Å². The number of aryl methyl sites for hydroxylation is 1. The van der Waals surface area contributed by atoms with Crippen molar-refractivity contribution in [2.75, 3.05) is 26.7 Å². The van der Waals surface area contributed by atoms with E-state index in [9.17, 15) is 13.2 Å². The monoisotopic (exact) mass is 455 g/mol. The van der Waals surface area contributed by atoms with Crippen molar-refractivity contribution >= 4 is 26.8 Å². The van der Waals surface area contributed by atoms with Crippen molar-refractivity contribution in [2.24, 2.45) is 13.0 Å². The third kappa shape index (κ3) is 4.66. The van der Waals surface area contributed by atoms with Crippen LogP contribution < -0.4 is 10.1 Å². The van der Waals surface area contributed by atoms with E-state index in [2.05, 4.69) is 5.32 Å². The summed E-state index contributed by atoms with van der Waals surface area (Å²) in [5.41, 5.74) is 2.06. The van der Waals surface area contributed by atoms with Crippen LogP contribution in [-0.2, 0) is 28.3 Å². The first-order valence-corrected chi connectivity index (χ1v) is 12.3. The molecule has 2 aromatic carbocycles. The predicted molar refractivity (Wildman–Crippen MR) is 124 cm³/mol. The number of methoxy groups -OCH3 is 1. The highest BCUT2D eigenvalue weighted by Crippen LogP contribution is 2.26. The van der Waals surface area contributed by atoms with E-state index in [4.69, 9.17) is 4.74 Å². The fourth-order valence-electron chi connectivity index (χ4n) is 4.25.